The molecule has 0 spiro atoms. The SMILES string of the molecule is O=C1NC(=Nc2c(Cl)cccc2Cl)S/C1=C\c1cc(Cl)c2ncccc2c1. The number of para-hydroxylation sites is 1. The van der Waals surface area contributed by atoms with E-state index in [4.69, 9.17) is 34.8 Å². The summed E-state index contributed by atoms with van der Waals surface area (Å²) in [6, 6.07) is 12.6. The van der Waals surface area contributed by atoms with E-state index in [1.54, 1.807) is 36.5 Å². The van der Waals surface area contributed by atoms with E-state index in [1.165, 1.54) is 11.8 Å². The Bertz CT molecular complexity index is 1120. The smallest absolute Gasteiger partial charge is 0.264 e. The van der Waals surface area contributed by atoms with Crippen molar-refractivity contribution in [3.63, 3.8) is 0 Å². The Labute approximate surface area is 174 Å². The zero-order valence-corrected chi connectivity index (χ0v) is 16.6. The number of thioether (sulfide) groups is 1. The molecule has 3 aromatic rings. The highest BCUT2D eigenvalue weighted by atomic mass is 35.5. The second kappa shape index (κ2) is 7.52. The van der Waals surface area contributed by atoms with Crippen LogP contribution in [-0.4, -0.2) is 16.1 Å². The van der Waals surface area contributed by atoms with E-state index in [1.807, 2.05) is 18.2 Å². The minimum absolute atomic E-state index is 0.246. The number of aromatic nitrogens is 1. The highest BCUT2D eigenvalue weighted by Crippen LogP contribution is 2.36. The van der Waals surface area contributed by atoms with Crippen LogP contribution in [0.3, 0.4) is 0 Å². The summed E-state index contributed by atoms with van der Waals surface area (Å²) in [5, 5.41) is 5.39. The fraction of sp³-hybridized carbons (Fsp3) is 0. The first-order valence-electron chi connectivity index (χ1n) is 7.79. The summed E-state index contributed by atoms with van der Waals surface area (Å²) in [6.07, 6.45) is 3.45. The summed E-state index contributed by atoms with van der Waals surface area (Å²) in [5.41, 5.74) is 1.94. The summed E-state index contributed by atoms with van der Waals surface area (Å²) in [5.74, 6) is -0.246. The van der Waals surface area contributed by atoms with E-state index in [2.05, 4.69) is 15.3 Å². The van der Waals surface area contributed by atoms with Crippen molar-refractivity contribution in [2.45, 2.75) is 0 Å². The van der Waals surface area contributed by atoms with Gasteiger partial charge in [0.2, 0.25) is 0 Å². The number of carbonyl (C=O) groups is 1. The summed E-state index contributed by atoms with van der Waals surface area (Å²) in [6.45, 7) is 0. The van der Waals surface area contributed by atoms with Gasteiger partial charge in [0, 0.05) is 11.6 Å². The number of amides is 1. The largest absolute Gasteiger partial charge is 0.300 e. The van der Waals surface area contributed by atoms with Gasteiger partial charge in [0.1, 0.15) is 5.69 Å². The lowest BCUT2D eigenvalue weighted by atomic mass is 10.1. The van der Waals surface area contributed by atoms with Crippen LogP contribution in [0.2, 0.25) is 15.1 Å². The molecule has 2 aromatic carbocycles. The first kappa shape index (κ1) is 18.3. The van der Waals surface area contributed by atoms with Crippen molar-refractivity contribution in [3.05, 3.63) is 74.2 Å². The van der Waals surface area contributed by atoms with Gasteiger partial charge in [-0.25, -0.2) is 4.99 Å². The molecule has 1 aromatic heterocycles. The number of carbonyl (C=O) groups excluding carboxylic acids is 1. The van der Waals surface area contributed by atoms with Gasteiger partial charge >= 0.3 is 0 Å². The van der Waals surface area contributed by atoms with Crippen molar-refractivity contribution in [3.8, 4) is 0 Å². The number of nitrogens with one attached hydrogen (secondary N) is 1. The van der Waals surface area contributed by atoms with Gasteiger partial charge in [0.15, 0.2) is 5.17 Å². The minimum atomic E-state index is -0.246. The lowest BCUT2D eigenvalue weighted by Gasteiger charge is -2.02. The lowest BCUT2D eigenvalue weighted by molar-refractivity contribution is -0.115. The van der Waals surface area contributed by atoms with Gasteiger partial charge in [-0.2, -0.15) is 0 Å². The molecule has 0 unspecified atom stereocenters. The van der Waals surface area contributed by atoms with Crippen molar-refractivity contribution in [2.75, 3.05) is 0 Å². The Hall–Kier alpha value is -2.05. The standard InChI is InChI=1S/C19H10Cl3N3OS/c20-12-4-1-5-13(21)17(12)24-19-25-18(26)15(27-19)9-10-7-11-3-2-6-23-16(11)14(22)8-10/h1-9H,(H,24,25,26)/b15-9-. The third-order valence-corrected chi connectivity index (χ3v) is 5.59. The molecule has 0 saturated carbocycles. The number of halogens is 3. The highest BCUT2D eigenvalue weighted by molar-refractivity contribution is 8.18. The van der Waals surface area contributed by atoms with Crippen LogP contribution < -0.4 is 5.32 Å². The van der Waals surface area contributed by atoms with Crippen molar-refractivity contribution in [2.24, 2.45) is 4.99 Å². The van der Waals surface area contributed by atoms with E-state index in [0.29, 0.717) is 30.8 Å². The molecule has 1 amide bonds. The second-order valence-corrected chi connectivity index (χ2v) is 7.88. The van der Waals surface area contributed by atoms with Crippen LogP contribution in [0.15, 0.2) is 58.6 Å². The predicted octanol–water partition coefficient (Wildman–Crippen LogP) is 6.09. The second-order valence-electron chi connectivity index (χ2n) is 5.63. The topological polar surface area (TPSA) is 54.4 Å². The van der Waals surface area contributed by atoms with E-state index in [-0.39, 0.29) is 5.91 Å². The molecule has 0 bridgehead atoms. The van der Waals surface area contributed by atoms with E-state index in [9.17, 15) is 4.79 Å². The number of benzene rings is 2. The van der Waals surface area contributed by atoms with Crippen LogP contribution in [0, 0.1) is 0 Å². The summed E-state index contributed by atoms with van der Waals surface area (Å²) in [7, 11) is 0. The number of fused-ring (bicyclic) bond motifs is 1. The molecule has 1 fully saturated rings. The Morgan fingerprint density at radius 3 is 2.59 bits per heavy atom. The molecule has 4 nitrogen and oxygen atoms in total. The molecule has 134 valence electrons. The van der Waals surface area contributed by atoms with Gasteiger partial charge in [-0.3, -0.25) is 9.78 Å². The minimum Gasteiger partial charge on any atom is -0.300 e. The van der Waals surface area contributed by atoms with Gasteiger partial charge < -0.3 is 5.32 Å². The third kappa shape index (κ3) is 3.82. The maximum absolute atomic E-state index is 12.3. The molecule has 4 rings (SSSR count). The molecule has 1 aliphatic heterocycles. The lowest BCUT2D eigenvalue weighted by Crippen LogP contribution is -2.19. The normalized spacial score (nSPS) is 17.1. The Morgan fingerprint density at radius 1 is 1.04 bits per heavy atom. The molecular weight excluding hydrogens is 425 g/mol. The molecule has 0 atom stereocenters. The van der Waals surface area contributed by atoms with E-state index < -0.39 is 0 Å². The Morgan fingerprint density at radius 2 is 1.81 bits per heavy atom. The first-order chi connectivity index (χ1) is 13.0. The van der Waals surface area contributed by atoms with Crippen LogP contribution in [0.5, 0.6) is 0 Å². The molecule has 1 N–H and O–H groups in total. The third-order valence-electron chi connectivity index (χ3n) is 3.78. The van der Waals surface area contributed by atoms with Crippen LogP contribution in [0.1, 0.15) is 5.56 Å². The maximum Gasteiger partial charge on any atom is 0.264 e. The average molecular weight is 435 g/mol. The Balaban J connectivity index is 1.68. The molecule has 0 aliphatic carbocycles. The van der Waals surface area contributed by atoms with Crippen molar-refractivity contribution in [1.29, 1.82) is 0 Å². The Kier molecular flexibility index (Phi) is 5.10. The molecule has 2 heterocycles. The quantitative estimate of drug-likeness (QED) is 0.497. The number of rotatable bonds is 2. The average Bonchev–Trinajstić information content (AvgIpc) is 2.98. The molecular formula is C19H10Cl3N3OS. The summed E-state index contributed by atoms with van der Waals surface area (Å²) >= 11 is 19.8. The number of hydrogen-bond donors (Lipinski definition) is 1. The predicted molar refractivity (Wildman–Crippen MR) is 114 cm³/mol. The maximum atomic E-state index is 12.3. The van der Waals surface area contributed by atoms with Crippen molar-refractivity contribution in [1.82, 2.24) is 10.3 Å². The van der Waals surface area contributed by atoms with Gasteiger partial charge in [0.25, 0.3) is 5.91 Å². The molecule has 1 aliphatic rings. The van der Waals surface area contributed by atoms with E-state index >= 15 is 0 Å². The zero-order chi connectivity index (χ0) is 19.0. The fourth-order valence-electron chi connectivity index (χ4n) is 2.58. The van der Waals surface area contributed by atoms with Gasteiger partial charge in [-0.05, 0) is 53.7 Å². The number of nitrogens with zero attached hydrogens (tertiary/aromatic N) is 2. The highest BCUT2D eigenvalue weighted by Gasteiger charge is 2.24. The van der Waals surface area contributed by atoms with Crippen LogP contribution >= 0.6 is 46.6 Å². The first-order valence-corrected chi connectivity index (χ1v) is 9.74. The van der Waals surface area contributed by atoms with Gasteiger partial charge in [-0.1, -0.05) is 46.9 Å². The number of amidine groups is 1. The van der Waals surface area contributed by atoms with Crippen LogP contribution in [0.4, 0.5) is 5.69 Å². The number of hydrogen-bond acceptors (Lipinski definition) is 4. The van der Waals surface area contributed by atoms with Crippen molar-refractivity contribution < 1.29 is 4.79 Å². The zero-order valence-electron chi connectivity index (χ0n) is 13.5. The molecule has 27 heavy (non-hydrogen) atoms. The van der Waals surface area contributed by atoms with Crippen molar-refractivity contribution >= 4 is 80.3 Å². The van der Waals surface area contributed by atoms with Gasteiger partial charge in [0.05, 0.1) is 25.5 Å². The molecule has 8 heteroatoms. The van der Waals surface area contributed by atoms with Gasteiger partial charge in [-0.15, -0.1) is 0 Å². The molecule has 1 saturated heterocycles. The number of aliphatic imine (C=N–C) groups is 1. The van der Waals surface area contributed by atoms with E-state index in [0.717, 1.165) is 16.5 Å². The summed E-state index contributed by atoms with van der Waals surface area (Å²) < 4.78 is 0. The fourth-order valence-corrected chi connectivity index (χ4v) is 4.18. The summed E-state index contributed by atoms with van der Waals surface area (Å²) in [4.78, 5) is 21.4. The number of pyridine rings is 1. The monoisotopic (exact) mass is 433 g/mol. The molecule has 0 radical (unpaired) electrons. The van der Waals surface area contributed by atoms with Crippen LogP contribution in [0.25, 0.3) is 17.0 Å². The van der Waals surface area contributed by atoms with Crippen LogP contribution in [-0.2, 0) is 4.79 Å².